The summed E-state index contributed by atoms with van der Waals surface area (Å²) in [5.74, 6) is -0.0302. The first kappa shape index (κ1) is 13.5. The number of hydrogen-bond acceptors (Lipinski definition) is 5. The van der Waals surface area contributed by atoms with Gasteiger partial charge >= 0.3 is 0 Å². The van der Waals surface area contributed by atoms with Gasteiger partial charge in [-0.15, -0.1) is 0 Å². The summed E-state index contributed by atoms with van der Waals surface area (Å²) in [5.41, 5.74) is 5.16. The fourth-order valence-corrected chi connectivity index (χ4v) is 1.54. The van der Waals surface area contributed by atoms with Gasteiger partial charge in [0.1, 0.15) is 16.4 Å². The first-order chi connectivity index (χ1) is 6.45. The van der Waals surface area contributed by atoms with Crippen molar-refractivity contribution >= 4 is 15.6 Å². The SMILES string of the molecule is CS(=O)(=O)CCCC(=O)COCCN. The third-order valence-electron chi connectivity index (χ3n) is 1.50. The van der Waals surface area contributed by atoms with Crippen molar-refractivity contribution in [1.82, 2.24) is 0 Å². The zero-order valence-corrected chi connectivity index (χ0v) is 9.18. The molecule has 0 fully saturated rings. The number of sulfone groups is 1. The molecule has 0 saturated carbocycles. The van der Waals surface area contributed by atoms with E-state index < -0.39 is 9.84 Å². The van der Waals surface area contributed by atoms with E-state index in [1.165, 1.54) is 0 Å². The minimum Gasteiger partial charge on any atom is -0.372 e. The summed E-state index contributed by atoms with van der Waals surface area (Å²) < 4.78 is 26.3. The number of ether oxygens (including phenoxy) is 1. The standard InChI is InChI=1S/C8H17NO4S/c1-14(11,12)6-2-3-8(10)7-13-5-4-9/h2-7,9H2,1H3. The lowest BCUT2D eigenvalue weighted by molar-refractivity contribution is -0.123. The van der Waals surface area contributed by atoms with Crippen LogP contribution in [0.15, 0.2) is 0 Å². The molecular weight excluding hydrogens is 206 g/mol. The van der Waals surface area contributed by atoms with Gasteiger partial charge in [-0.05, 0) is 6.42 Å². The molecule has 0 aromatic carbocycles. The average Bonchev–Trinajstić information content (AvgIpc) is 2.02. The number of nitrogens with two attached hydrogens (primary N) is 1. The van der Waals surface area contributed by atoms with Crippen molar-refractivity contribution in [3.05, 3.63) is 0 Å². The second-order valence-electron chi connectivity index (χ2n) is 3.11. The summed E-state index contributed by atoms with van der Waals surface area (Å²) in [6.07, 6.45) is 1.77. The van der Waals surface area contributed by atoms with Crippen LogP contribution in [0.5, 0.6) is 0 Å². The Hall–Kier alpha value is -0.460. The van der Waals surface area contributed by atoms with E-state index in [2.05, 4.69) is 0 Å². The summed E-state index contributed by atoms with van der Waals surface area (Å²) in [4.78, 5) is 11.0. The Morgan fingerprint density at radius 3 is 2.57 bits per heavy atom. The largest absolute Gasteiger partial charge is 0.372 e. The Morgan fingerprint density at radius 1 is 1.43 bits per heavy atom. The summed E-state index contributed by atoms with van der Waals surface area (Å²) in [6.45, 7) is 0.773. The normalized spacial score (nSPS) is 11.6. The molecule has 0 aliphatic heterocycles. The summed E-state index contributed by atoms with van der Waals surface area (Å²) >= 11 is 0. The van der Waals surface area contributed by atoms with Gasteiger partial charge < -0.3 is 10.5 Å². The van der Waals surface area contributed by atoms with E-state index in [1.807, 2.05) is 0 Å². The van der Waals surface area contributed by atoms with E-state index in [-0.39, 0.29) is 24.6 Å². The molecule has 0 bridgehead atoms. The topological polar surface area (TPSA) is 86.5 Å². The molecule has 0 rings (SSSR count). The number of rotatable bonds is 8. The molecule has 0 amide bonds. The van der Waals surface area contributed by atoms with Crippen LogP contribution in [0.4, 0.5) is 0 Å². The molecule has 0 unspecified atom stereocenters. The van der Waals surface area contributed by atoms with Gasteiger partial charge in [-0.1, -0.05) is 0 Å². The van der Waals surface area contributed by atoms with E-state index in [9.17, 15) is 13.2 Å². The van der Waals surface area contributed by atoms with Crippen molar-refractivity contribution in [2.24, 2.45) is 5.73 Å². The molecule has 6 heteroatoms. The van der Waals surface area contributed by atoms with Crippen LogP contribution < -0.4 is 5.73 Å². The molecule has 0 aliphatic carbocycles. The van der Waals surface area contributed by atoms with Crippen LogP contribution in [0, 0.1) is 0 Å². The van der Waals surface area contributed by atoms with Gasteiger partial charge in [0.2, 0.25) is 0 Å². The number of ketones is 1. The second kappa shape index (κ2) is 6.92. The lowest BCUT2D eigenvalue weighted by Gasteiger charge is -2.01. The molecule has 0 aromatic rings. The average molecular weight is 223 g/mol. The Balaban J connectivity index is 3.45. The van der Waals surface area contributed by atoms with Gasteiger partial charge in [0.25, 0.3) is 0 Å². The molecule has 0 atom stereocenters. The maximum atomic E-state index is 11.0. The molecule has 14 heavy (non-hydrogen) atoms. The molecule has 0 heterocycles. The highest BCUT2D eigenvalue weighted by atomic mass is 32.2. The third kappa shape index (κ3) is 9.63. The zero-order chi connectivity index (χ0) is 11.0. The smallest absolute Gasteiger partial charge is 0.158 e. The van der Waals surface area contributed by atoms with Crippen molar-refractivity contribution < 1.29 is 17.9 Å². The highest BCUT2D eigenvalue weighted by molar-refractivity contribution is 7.90. The first-order valence-corrected chi connectivity index (χ1v) is 6.49. The Bertz CT molecular complexity index is 261. The zero-order valence-electron chi connectivity index (χ0n) is 8.36. The van der Waals surface area contributed by atoms with Crippen molar-refractivity contribution in [3.8, 4) is 0 Å². The van der Waals surface area contributed by atoms with Crippen LogP contribution in [0.3, 0.4) is 0 Å². The summed E-state index contributed by atoms with van der Waals surface area (Å²) in [6, 6.07) is 0. The van der Waals surface area contributed by atoms with E-state index in [4.69, 9.17) is 10.5 Å². The highest BCUT2D eigenvalue weighted by Gasteiger charge is 2.05. The summed E-state index contributed by atoms with van der Waals surface area (Å²) in [5, 5.41) is 0. The number of carbonyl (C=O) groups excluding carboxylic acids is 1. The number of carbonyl (C=O) groups is 1. The van der Waals surface area contributed by atoms with Crippen molar-refractivity contribution in [2.75, 3.05) is 31.8 Å². The van der Waals surface area contributed by atoms with Crippen LogP contribution in [0.25, 0.3) is 0 Å². The quantitative estimate of drug-likeness (QED) is 0.553. The molecular formula is C8H17NO4S. The van der Waals surface area contributed by atoms with Crippen LogP contribution in [0.2, 0.25) is 0 Å². The van der Waals surface area contributed by atoms with E-state index in [0.717, 1.165) is 6.26 Å². The number of Topliss-reactive ketones (excluding diaryl/α,β-unsaturated/α-hetero) is 1. The predicted molar refractivity (Wildman–Crippen MR) is 53.8 cm³/mol. The molecule has 0 aromatic heterocycles. The Labute approximate surface area is 84.5 Å². The van der Waals surface area contributed by atoms with E-state index in [1.54, 1.807) is 0 Å². The maximum absolute atomic E-state index is 11.0. The minimum atomic E-state index is -2.96. The van der Waals surface area contributed by atoms with Crippen molar-refractivity contribution in [3.63, 3.8) is 0 Å². The molecule has 0 saturated heterocycles. The lowest BCUT2D eigenvalue weighted by Crippen LogP contribution is -2.15. The van der Waals surface area contributed by atoms with Crippen LogP contribution in [-0.4, -0.2) is 46.0 Å². The molecule has 0 spiro atoms. The lowest BCUT2D eigenvalue weighted by atomic mass is 10.2. The molecule has 0 radical (unpaired) electrons. The third-order valence-corrected chi connectivity index (χ3v) is 2.53. The summed E-state index contributed by atoms with van der Waals surface area (Å²) in [7, 11) is -2.96. The monoisotopic (exact) mass is 223 g/mol. The second-order valence-corrected chi connectivity index (χ2v) is 5.37. The Kier molecular flexibility index (Phi) is 6.69. The van der Waals surface area contributed by atoms with Crippen LogP contribution in [-0.2, 0) is 19.4 Å². The maximum Gasteiger partial charge on any atom is 0.158 e. The Morgan fingerprint density at radius 2 is 2.07 bits per heavy atom. The first-order valence-electron chi connectivity index (χ1n) is 4.43. The van der Waals surface area contributed by atoms with Gasteiger partial charge in [-0.3, -0.25) is 4.79 Å². The molecule has 0 aliphatic rings. The number of hydrogen-bond donors (Lipinski definition) is 1. The van der Waals surface area contributed by atoms with Crippen molar-refractivity contribution in [1.29, 1.82) is 0 Å². The van der Waals surface area contributed by atoms with E-state index >= 15 is 0 Å². The van der Waals surface area contributed by atoms with Crippen LogP contribution >= 0.6 is 0 Å². The van der Waals surface area contributed by atoms with Gasteiger partial charge in [0, 0.05) is 19.2 Å². The fraction of sp³-hybridized carbons (Fsp3) is 0.875. The predicted octanol–water partition coefficient (Wildman–Crippen LogP) is -0.644. The van der Waals surface area contributed by atoms with Crippen LogP contribution in [0.1, 0.15) is 12.8 Å². The van der Waals surface area contributed by atoms with Gasteiger partial charge in [0.05, 0.1) is 12.4 Å². The van der Waals surface area contributed by atoms with Crippen molar-refractivity contribution in [2.45, 2.75) is 12.8 Å². The molecule has 84 valence electrons. The minimum absolute atomic E-state index is 0.0287. The van der Waals surface area contributed by atoms with Gasteiger partial charge in [-0.2, -0.15) is 0 Å². The fourth-order valence-electron chi connectivity index (χ4n) is 0.873. The van der Waals surface area contributed by atoms with Gasteiger partial charge in [-0.25, -0.2) is 8.42 Å². The molecule has 2 N–H and O–H groups in total. The van der Waals surface area contributed by atoms with E-state index in [0.29, 0.717) is 19.6 Å². The molecule has 5 nitrogen and oxygen atoms in total. The van der Waals surface area contributed by atoms with Gasteiger partial charge in [0.15, 0.2) is 5.78 Å². The highest BCUT2D eigenvalue weighted by Crippen LogP contribution is 1.96.